The molecule has 0 saturated carbocycles. The van der Waals surface area contributed by atoms with Crippen molar-refractivity contribution in [1.82, 2.24) is 4.90 Å². The minimum atomic E-state index is -1.09. The van der Waals surface area contributed by atoms with Gasteiger partial charge in [-0.05, 0) is 49.0 Å². The molecule has 0 radical (unpaired) electrons. The van der Waals surface area contributed by atoms with Crippen molar-refractivity contribution >= 4 is 52.2 Å². The summed E-state index contributed by atoms with van der Waals surface area (Å²) >= 11 is 12.1. The number of hydrogen-bond acceptors (Lipinski definition) is 10. The zero-order valence-corrected chi connectivity index (χ0v) is 24.5. The van der Waals surface area contributed by atoms with Crippen LogP contribution in [0.1, 0.15) is 40.2 Å². The fourth-order valence-electron chi connectivity index (χ4n) is 3.81. The zero-order chi connectivity index (χ0) is 30.6. The molecule has 1 aliphatic rings. The summed E-state index contributed by atoms with van der Waals surface area (Å²) in [6.45, 7) is 7.41. The molecule has 0 aliphatic carbocycles. The lowest BCUT2D eigenvalue weighted by Crippen LogP contribution is -2.62. The number of likely N-dealkylation sites (tertiary alicyclic amines) is 1. The first kappa shape index (κ1) is 31.7. The predicted molar refractivity (Wildman–Crippen MR) is 152 cm³/mol. The van der Waals surface area contributed by atoms with Crippen LogP contribution in [0.25, 0.3) is 0 Å². The van der Waals surface area contributed by atoms with E-state index in [1.165, 1.54) is 56.3 Å². The second-order valence-electron chi connectivity index (χ2n) is 10.3. The van der Waals surface area contributed by atoms with Gasteiger partial charge in [0.25, 0.3) is 5.69 Å². The molecule has 2 aromatic rings. The van der Waals surface area contributed by atoms with Gasteiger partial charge in [0.05, 0.1) is 16.9 Å². The van der Waals surface area contributed by atoms with E-state index >= 15 is 0 Å². The van der Waals surface area contributed by atoms with E-state index in [9.17, 15) is 29.6 Å². The third kappa shape index (κ3) is 7.46. The van der Waals surface area contributed by atoms with Gasteiger partial charge in [-0.15, -0.1) is 0 Å². The van der Waals surface area contributed by atoms with Crippen LogP contribution >= 0.6 is 23.8 Å². The summed E-state index contributed by atoms with van der Waals surface area (Å²) in [6.07, 6.45) is -1.08. The lowest BCUT2D eigenvalue weighted by Gasteiger charge is -2.46. The van der Waals surface area contributed by atoms with Gasteiger partial charge in [0.1, 0.15) is 29.3 Å². The fourth-order valence-corrected chi connectivity index (χ4v) is 4.57. The number of allylic oxidation sites excluding steroid dienone is 1. The Bertz CT molecular complexity index is 1400. The summed E-state index contributed by atoms with van der Waals surface area (Å²) in [5.41, 5.74) is -1.92. The molecule has 1 heterocycles. The van der Waals surface area contributed by atoms with Crippen molar-refractivity contribution in [2.45, 2.75) is 52.8 Å². The van der Waals surface area contributed by atoms with E-state index in [1.807, 2.05) is 0 Å². The molecule has 41 heavy (non-hydrogen) atoms. The normalized spacial score (nSPS) is 18.0. The number of halogens is 1. The fraction of sp³-hybridized carbons (Fsp3) is 0.357. The van der Waals surface area contributed by atoms with E-state index in [-0.39, 0.29) is 40.3 Å². The number of rotatable bonds is 10. The quantitative estimate of drug-likeness (QED) is 0.0388. The van der Waals surface area contributed by atoms with E-state index < -0.39 is 45.5 Å². The van der Waals surface area contributed by atoms with Crippen molar-refractivity contribution < 1.29 is 38.6 Å². The number of esters is 1. The highest BCUT2D eigenvalue weighted by Crippen LogP contribution is 2.39. The maximum Gasteiger partial charge on any atom is 0.308 e. The lowest BCUT2D eigenvalue weighted by molar-refractivity contribution is -0.384. The molecule has 3 rings (SSSR count). The van der Waals surface area contributed by atoms with Crippen molar-refractivity contribution in [3.05, 3.63) is 75.7 Å². The van der Waals surface area contributed by atoms with Crippen LogP contribution in [0.3, 0.4) is 0 Å². The first-order valence-corrected chi connectivity index (χ1v) is 13.3. The minimum absolute atomic E-state index is 0.0955. The van der Waals surface area contributed by atoms with Crippen LogP contribution in [0, 0.1) is 21.4 Å². The standard InChI is InChI=1S/C28H29ClN2O9S/c1-15(32)21-25(29)30(26(21)35)22(27(41)38-14-17-9-11-18(12-10-17)31(36)37)23(24(34)28(3,4)5)40-20-8-6-7-19(13-20)39-16(2)33/h6-13,15,21,25,32H,14H2,1-5H3/t15-,21-,25-/m1/s1. The van der Waals surface area contributed by atoms with Crippen LogP contribution in [0.4, 0.5) is 5.69 Å². The summed E-state index contributed by atoms with van der Waals surface area (Å²) < 4.78 is 16.9. The summed E-state index contributed by atoms with van der Waals surface area (Å²) in [4.78, 5) is 49.8. The number of nitro groups is 1. The maximum absolute atomic E-state index is 13.7. The molecule has 1 aliphatic heterocycles. The number of hydrogen-bond donors (Lipinski definition) is 1. The van der Waals surface area contributed by atoms with Gasteiger partial charge in [-0.25, -0.2) is 0 Å². The molecule has 218 valence electrons. The summed E-state index contributed by atoms with van der Waals surface area (Å²) in [5, 5.41) is 20.7. The van der Waals surface area contributed by atoms with E-state index in [0.717, 1.165) is 4.90 Å². The molecular weight excluding hydrogens is 576 g/mol. The van der Waals surface area contributed by atoms with Crippen molar-refractivity contribution in [2.75, 3.05) is 0 Å². The SMILES string of the molecule is CC(=O)Oc1cccc(OC(C(=O)C(C)(C)C)=C(C(=S)OCc2ccc([N+](=O)[O-])cc2)N2C(=O)[C@H]([C@@H](C)O)[C@@H]2Cl)c1. The Labute approximate surface area is 246 Å². The molecule has 1 saturated heterocycles. The summed E-state index contributed by atoms with van der Waals surface area (Å²) in [6, 6.07) is 11.5. The third-order valence-corrected chi connectivity index (χ3v) is 6.70. The number of ether oxygens (including phenoxy) is 3. The molecule has 0 unspecified atom stereocenters. The second-order valence-corrected chi connectivity index (χ2v) is 11.1. The average Bonchev–Trinajstić information content (AvgIpc) is 2.88. The Morgan fingerprint density at radius 1 is 1.15 bits per heavy atom. The van der Waals surface area contributed by atoms with Crippen molar-refractivity contribution in [3.8, 4) is 11.5 Å². The first-order chi connectivity index (χ1) is 19.1. The number of ketones is 1. The Balaban J connectivity index is 2.09. The highest BCUT2D eigenvalue weighted by atomic mass is 35.5. The van der Waals surface area contributed by atoms with Gasteiger partial charge in [0.15, 0.2) is 5.76 Å². The number of nitrogens with zero attached hydrogens (tertiary/aromatic N) is 2. The number of non-ortho nitro benzene ring substituents is 1. The predicted octanol–water partition coefficient (Wildman–Crippen LogP) is 4.67. The van der Waals surface area contributed by atoms with Crippen LogP contribution in [0.2, 0.25) is 0 Å². The Kier molecular flexibility index (Phi) is 9.85. The molecule has 2 aromatic carbocycles. The van der Waals surface area contributed by atoms with Gasteiger partial charge in [-0.3, -0.25) is 29.4 Å². The van der Waals surface area contributed by atoms with Gasteiger partial charge < -0.3 is 19.3 Å². The molecule has 0 aromatic heterocycles. The summed E-state index contributed by atoms with van der Waals surface area (Å²) in [5.74, 6) is -2.79. The van der Waals surface area contributed by atoms with Crippen molar-refractivity contribution in [3.63, 3.8) is 0 Å². The van der Waals surface area contributed by atoms with E-state index in [2.05, 4.69) is 0 Å². The van der Waals surface area contributed by atoms with Crippen LogP contribution in [0.5, 0.6) is 11.5 Å². The number of benzene rings is 2. The maximum atomic E-state index is 13.7. The van der Waals surface area contributed by atoms with E-state index in [4.69, 9.17) is 38.0 Å². The number of aliphatic hydroxyl groups is 1. The Morgan fingerprint density at radius 3 is 2.22 bits per heavy atom. The molecule has 1 fully saturated rings. The Morgan fingerprint density at radius 2 is 1.73 bits per heavy atom. The number of β-lactam (4-membered cyclic amide) rings is 1. The molecule has 0 spiro atoms. The number of thiocarbonyl (C=S) groups is 1. The van der Waals surface area contributed by atoms with E-state index in [1.54, 1.807) is 26.8 Å². The smallest absolute Gasteiger partial charge is 0.308 e. The van der Waals surface area contributed by atoms with Gasteiger partial charge in [0, 0.05) is 30.5 Å². The Hall–Kier alpha value is -3.87. The van der Waals surface area contributed by atoms with Crippen LogP contribution in [-0.2, 0) is 25.7 Å². The third-order valence-electron chi connectivity index (χ3n) is 5.93. The first-order valence-electron chi connectivity index (χ1n) is 12.4. The highest BCUT2D eigenvalue weighted by Gasteiger charge is 2.53. The monoisotopic (exact) mass is 604 g/mol. The molecule has 13 heteroatoms. The highest BCUT2D eigenvalue weighted by molar-refractivity contribution is 7.80. The molecule has 3 atom stereocenters. The largest absolute Gasteiger partial charge is 0.477 e. The molecule has 1 amide bonds. The number of alkyl halides is 1. The van der Waals surface area contributed by atoms with Gasteiger partial charge >= 0.3 is 5.97 Å². The number of amides is 1. The number of aliphatic hydroxyl groups excluding tert-OH is 1. The topological polar surface area (TPSA) is 146 Å². The molecule has 0 bridgehead atoms. The summed E-state index contributed by atoms with van der Waals surface area (Å²) in [7, 11) is 0. The average molecular weight is 605 g/mol. The number of carbonyl (C=O) groups is 3. The van der Waals surface area contributed by atoms with Gasteiger partial charge in [-0.2, -0.15) is 0 Å². The molecule has 11 nitrogen and oxygen atoms in total. The van der Waals surface area contributed by atoms with Crippen molar-refractivity contribution in [1.29, 1.82) is 0 Å². The van der Waals surface area contributed by atoms with Crippen molar-refractivity contribution in [2.24, 2.45) is 11.3 Å². The molecule has 1 N–H and O–H groups in total. The number of carbonyl (C=O) groups excluding carboxylic acids is 3. The minimum Gasteiger partial charge on any atom is -0.477 e. The van der Waals surface area contributed by atoms with Crippen LogP contribution in [-0.4, -0.2) is 49.2 Å². The number of Topliss-reactive ketones (excluding diaryl/α,β-unsaturated/α-hetero) is 1. The number of nitro benzene ring substituents is 1. The zero-order valence-electron chi connectivity index (χ0n) is 23.0. The van der Waals surface area contributed by atoms with E-state index in [0.29, 0.717) is 5.56 Å². The van der Waals surface area contributed by atoms with Crippen LogP contribution in [0.15, 0.2) is 60.0 Å². The molecular formula is C28H29ClN2O9S. The van der Waals surface area contributed by atoms with Gasteiger partial charge in [-0.1, -0.05) is 38.4 Å². The second kappa shape index (κ2) is 12.8. The van der Waals surface area contributed by atoms with Gasteiger partial charge in [0.2, 0.25) is 16.7 Å². The van der Waals surface area contributed by atoms with Crippen LogP contribution < -0.4 is 9.47 Å². The lowest BCUT2D eigenvalue weighted by atomic mass is 9.87.